The molecular formula is C18H17F4NO. The zero-order chi connectivity index (χ0) is 18.0. The Morgan fingerprint density at radius 1 is 1.00 bits per heavy atom. The zero-order valence-corrected chi connectivity index (χ0v) is 13.2. The van der Waals surface area contributed by atoms with Gasteiger partial charge in [-0.25, -0.2) is 4.39 Å². The first kappa shape index (κ1) is 18.0. The number of benzene rings is 2. The fourth-order valence-corrected chi connectivity index (χ4v) is 2.26. The van der Waals surface area contributed by atoms with E-state index in [-0.39, 0.29) is 12.1 Å². The summed E-state index contributed by atoms with van der Waals surface area (Å²) in [5.74, 6) is -1.25. The number of alkyl halides is 3. The Balaban J connectivity index is 2.14. The number of carbonyl (C=O) groups is 1. The van der Waals surface area contributed by atoms with Gasteiger partial charge in [-0.3, -0.25) is 4.79 Å². The Morgan fingerprint density at radius 3 is 2.25 bits per heavy atom. The van der Waals surface area contributed by atoms with Crippen LogP contribution in [0.5, 0.6) is 0 Å². The molecule has 24 heavy (non-hydrogen) atoms. The second-order valence-electron chi connectivity index (χ2n) is 6.12. The molecule has 2 nitrogen and oxygen atoms in total. The summed E-state index contributed by atoms with van der Waals surface area (Å²) in [7, 11) is 0. The maximum absolute atomic E-state index is 13.6. The Morgan fingerprint density at radius 2 is 1.62 bits per heavy atom. The van der Waals surface area contributed by atoms with E-state index in [0.717, 1.165) is 12.1 Å². The molecule has 0 aliphatic carbocycles. The highest BCUT2D eigenvalue weighted by molar-refractivity contribution is 5.94. The standard InChI is InChI=1S/C18H17F4NO/c1-17(2,12-6-5-7-13(10-12)18(20,21)22)11-23-16(24)14-8-3-4-9-15(14)19/h3-10H,11H2,1-2H3,(H,23,24). The van der Waals surface area contributed by atoms with E-state index in [2.05, 4.69) is 5.32 Å². The molecular weight excluding hydrogens is 322 g/mol. The maximum atomic E-state index is 13.6. The molecule has 0 aromatic heterocycles. The quantitative estimate of drug-likeness (QED) is 0.814. The highest BCUT2D eigenvalue weighted by atomic mass is 19.4. The van der Waals surface area contributed by atoms with Crippen molar-refractivity contribution in [2.45, 2.75) is 25.4 Å². The minimum absolute atomic E-state index is 0.0709. The van der Waals surface area contributed by atoms with Crippen molar-refractivity contribution in [2.24, 2.45) is 0 Å². The van der Waals surface area contributed by atoms with Crippen molar-refractivity contribution >= 4 is 5.91 Å². The normalized spacial score (nSPS) is 12.1. The minimum Gasteiger partial charge on any atom is -0.351 e. The molecule has 0 saturated carbocycles. The highest BCUT2D eigenvalue weighted by Gasteiger charge is 2.32. The van der Waals surface area contributed by atoms with Crippen LogP contribution in [0.2, 0.25) is 0 Å². The average Bonchev–Trinajstić information content (AvgIpc) is 2.52. The van der Waals surface area contributed by atoms with Crippen LogP contribution in [0.1, 0.15) is 35.3 Å². The van der Waals surface area contributed by atoms with Gasteiger partial charge in [0.15, 0.2) is 0 Å². The molecule has 0 bridgehead atoms. The summed E-state index contributed by atoms with van der Waals surface area (Å²) < 4.78 is 52.1. The van der Waals surface area contributed by atoms with Crippen molar-refractivity contribution in [3.63, 3.8) is 0 Å². The molecule has 2 aromatic carbocycles. The SMILES string of the molecule is CC(C)(CNC(=O)c1ccccc1F)c1cccc(C(F)(F)F)c1. The lowest BCUT2D eigenvalue weighted by Crippen LogP contribution is -2.37. The van der Waals surface area contributed by atoms with Gasteiger partial charge in [0.25, 0.3) is 5.91 Å². The molecule has 0 radical (unpaired) electrons. The first-order valence-corrected chi connectivity index (χ1v) is 7.32. The van der Waals surface area contributed by atoms with Crippen molar-refractivity contribution in [2.75, 3.05) is 6.54 Å². The van der Waals surface area contributed by atoms with Gasteiger partial charge in [-0.15, -0.1) is 0 Å². The van der Waals surface area contributed by atoms with E-state index >= 15 is 0 Å². The van der Waals surface area contributed by atoms with Crippen LogP contribution in [-0.4, -0.2) is 12.5 Å². The smallest absolute Gasteiger partial charge is 0.351 e. The summed E-state index contributed by atoms with van der Waals surface area (Å²) in [6.07, 6.45) is -4.43. The summed E-state index contributed by atoms with van der Waals surface area (Å²) in [6, 6.07) is 10.5. The molecule has 2 rings (SSSR count). The van der Waals surface area contributed by atoms with E-state index < -0.39 is 28.9 Å². The summed E-state index contributed by atoms with van der Waals surface area (Å²) in [5, 5.41) is 2.58. The van der Waals surface area contributed by atoms with Gasteiger partial charge in [0.1, 0.15) is 5.82 Å². The molecule has 1 N–H and O–H groups in total. The molecule has 1 amide bonds. The molecule has 6 heteroatoms. The fourth-order valence-electron chi connectivity index (χ4n) is 2.26. The lowest BCUT2D eigenvalue weighted by atomic mass is 9.83. The first-order chi connectivity index (χ1) is 11.1. The molecule has 0 spiro atoms. The Bertz CT molecular complexity index is 738. The van der Waals surface area contributed by atoms with E-state index in [0.29, 0.717) is 5.56 Å². The Kier molecular flexibility index (Phi) is 4.96. The average molecular weight is 339 g/mol. The molecule has 0 aliphatic rings. The third-order valence-electron chi connectivity index (χ3n) is 3.78. The van der Waals surface area contributed by atoms with Crippen LogP contribution < -0.4 is 5.32 Å². The van der Waals surface area contributed by atoms with E-state index in [9.17, 15) is 22.4 Å². The fraction of sp³-hybridized carbons (Fsp3) is 0.278. The monoisotopic (exact) mass is 339 g/mol. The van der Waals surface area contributed by atoms with Crippen LogP contribution in [0.25, 0.3) is 0 Å². The van der Waals surface area contributed by atoms with Crippen molar-refractivity contribution in [3.8, 4) is 0 Å². The summed E-state index contributed by atoms with van der Waals surface area (Å²) in [6.45, 7) is 3.50. The summed E-state index contributed by atoms with van der Waals surface area (Å²) >= 11 is 0. The van der Waals surface area contributed by atoms with Crippen molar-refractivity contribution < 1.29 is 22.4 Å². The van der Waals surface area contributed by atoms with Crippen LogP contribution in [0.15, 0.2) is 48.5 Å². The molecule has 2 aromatic rings. The summed E-state index contributed by atoms with van der Waals surface area (Å²) in [5.41, 5.74) is -1.15. The number of amides is 1. The van der Waals surface area contributed by atoms with Gasteiger partial charge in [-0.05, 0) is 23.8 Å². The van der Waals surface area contributed by atoms with Gasteiger partial charge in [0, 0.05) is 12.0 Å². The number of nitrogens with one attached hydrogen (secondary N) is 1. The lowest BCUT2D eigenvalue weighted by molar-refractivity contribution is -0.137. The molecule has 0 atom stereocenters. The maximum Gasteiger partial charge on any atom is 0.416 e. The molecule has 128 valence electrons. The largest absolute Gasteiger partial charge is 0.416 e. The van der Waals surface area contributed by atoms with Gasteiger partial charge in [-0.2, -0.15) is 13.2 Å². The molecule has 0 aliphatic heterocycles. The van der Waals surface area contributed by atoms with Crippen molar-refractivity contribution in [1.29, 1.82) is 0 Å². The van der Waals surface area contributed by atoms with Crippen LogP contribution in [-0.2, 0) is 11.6 Å². The molecule has 0 heterocycles. The van der Waals surface area contributed by atoms with E-state index in [1.807, 2.05) is 0 Å². The topological polar surface area (TPSA) is 29.1 Å². The van der Waals surface area contributed by atoms with Crippen molar-refractivity contribution in [1.82, 2.24) is 5.32 Å². The van der Waals surface area contributed by atoms with Gasteiger partial charge < -0.3 is 5.32 Å². The van der Waals surface area contributed by atoms with E-state index in [1.54, 1.807) is 19.9 Å². The van der Waals surface area contributed by atoms with Crippen LogP contribution in [0, 0.1) is 5.82 Å². The molecule has 0 saturated heterocycles. The predicted molar refractivity (Wildman–Crippen MR) is 83.2 cm³/mol. The van der Waals surface area contributed by atoms with Crippen molar-refractivity contribution in [3.05, 3.63) is 71.0 Å². The van der Waals surface area contributed by atoms with Crippen LogP contribution >= 0.6 is 0 Å². The van der Waals surface area contributed by atoms with E-state index in [1.165, 1.54) is 30.3 Å². The van der Waals surface area contributed by atoms with E-state index in [4.69, 9.17) is 0 Å². The number of carbonyl (C=O) groups excluding carboxylic acids is 1. The first-order valence-electron chi connectivity index (χ1n) is 7.32. The van der Waals surface area contributed by atoms with Gasteiger partial charge >= 0.3 is 6.18 Å². The van der Waals surface area contributed by atoms with Gasteiger partial charge in [0.05, 0.1) is 11.1 Å². The predicted octanol–water partition coefficient (Wildman–Crippen LogP) is 4.55. The minimum atomic E-state index is -4.43. The third kappa shape index (κ3) is 4.13. The molecule has 0 fully saturated rings. The second-order valence-corrected chi connectivity index (χ2v) is 6.12. The Labute approximate surface area is 137 Å². The van der Waals surface area contributed by atoms with Crippen LogP contribution in [0.3, 0.4) is 0 Å². The number of hydrogen-bond acceptors (Lipinski definition) is 1. The highest BCUT2D eigenvalue weighted by Crippen LogP contribution is 2.32. The van der Waals surface area contributed by atoms with Gasteiger partial charge in [0.2, 0.25) is 0 Å². The second kappa shape index (κ2) is 6.63. The lowest BCUT2D eigenvalue weighted by Gasteiger charge is -2.26. The third-order valence-corrected chi connectivity index (χ3v) is 3.78. The number of halogens is 4. The summed E-state index contributed by atoms with van der Waals surface area (Å²) in [4.78, 5) is 12.0. The van der Waals surface area contributed by atoms with Crippen LogP contribution in [0.4, 0.5) is 17.6 Å². The zero-order valence-electron chi connectivity index (χ0n) is 13.2. The Hall–Kier alpha value is -2.37. The number of hydrogen-bond donors (Lipinski definition) is 1. The molecule has 0 unspecified atom stereocenters. The van der Waals surface area contributed by atoms with Gasteiger partial charge in [-0.1, -0.05) is 44.2 Å². The number of rotatable bonds is 4.